The maximum atomic E-state index is 13.0. The number of benzene rings is 3. The monoisotopic (exact) mass is 427 g/mol. The quantitative estimate of drug-likeness (QED) is 0.426. The van der Waals surface area contributed by atoms with Crippen molar-refractivity contribution in [1.82, 2.24) is 9.78 Å². The second-order valence-electron chi connectivity index (χ2n) is 7.36. The molecule has 0 saturated heterocycles. The Kier molecular flexibility index (Phi) is 5.22. The molecule has 1 amide bonds. The SMILES string of the molecule is Cc1ccccc1C(=O)Nc1c2c(nn1-c1ccc(Oc3ccccc3)cc1)CSC2. The molecule has 1 aliphatic heterocycles. The predicted molar refractivity (Wildman–Crippen MR) is 124 cm³/mol. The molecule has 4 aromatic rings. The molecule has 6 heteroatoms. The number of fused-ring (bicyclic) bond motifs is 1. The van der Waals surface area contributed by atoms with Gasteiger partial charge in [0.1, 0.15) is 17.3 Å². The number of anilines is 1. The van der Waals surface area contributed by atoms with Crippen molar-refractivity contribution in [1.29, 1.82) is 0 Å². The Labute approximate surface area is 185 Å². The number of nitrogens with zero attached hydrogens (tertiary/aromatic N) is 2. The van der Waals surface area contributed by atoms with Gasteiger partial charge in [-0.05, 0) is 55.0 Å². The van der Waals surface area contributed by atoms with Crippen LogP contribution in [0.25, 0.3) is 5.69 Å². The smallest absolute Gasteiger partial charge is 0.257 e. The molecule has 0 fully saturated rings. The van der Waals surface area contributed by atoms with Crippen molar-refractivity contribution in [2.45, 2.75) is 18.4 Å². The molecular weight excluding hydrogens is 406 g/mol. The maximum absolute atomic E-state index is 13.0. The minimum atomic E-state index is -0.122. The maximum Gasteiger partial charge on any atom is 0.257 e. The van der Waals surface area contributed by atoms with Crippen molar-refractivity contribution in [3.63, 3.8) is 0 Å². The lowest BCUT2D eigenvalue weighted by Crippen LogP contribution is -2.17. The average Bonchev–Trinajstić information content (AvgIpc) is 3.38. The van der Waals surface area contributed by atoms with Crippen LogP contribution in [0.5, 0.6) is 11.5 Å². The number of hydrogen-bond donors (Lipinski definition) is 1. The van der Waals surface area contributed by atoms with Gasteiger partial charge < -0.3 is 10.1 Å². The first-order valence-electron chi connectivity index (χ1n) is 10.1. The summed E-state index contributed by atoms with van der Waals surface area (Å²) in [6.45, 7) is 1.94. The largest absolute Gasteiger partial charge is 0.457 e. The summed E-state index contributed by atoms with van der Waals surface area (Å²) in [5, 5.41) is 7.90. The molecule has 0 spiro atoms. The molecule has 0 saturated carbocycles. The Balaban J connectivity index is 1.45. The first kappa shape index (κ1) is 19.5. The van der Waals surface area contributed by atoms with E-state index in [1.165, 1.54) is 0 Å². The number of aryl methyl sites for hydroxylation is 1. The zero-order valence-corrected chi connectivity index (χ0v) is 17.9. The van der Waals surface area contributed by atoms with Gasteiger partial charge in [-0.1, -0.05) is 36.4 Å². The first-order valence-corrected chi connectivity index (χ1v) is 11.2. The van der Waals surface area contributed by atoms with Gasteiger partial charge in [-0.2, -0.15) is 16.9 Å². The molecule has 3 aromatic carbocycles. The molecule has 5 rings (SSSR count). The summed E-state index contributed by atoms with van der Waals surface area (Å²) < 4.78 is 7.72. The molecule has 0 unspecified atom stereocenters. The number of rotatable bonds is 5. The lowest BCUT2D eigenvalue weighted by atomic mass is 10.1. The number of amides is 1. The van der Waals surface area contributed by atoms with E-state index in [0.717, 1.165) is 51.3 Å². The molecule has 31 heavy (non-hydrogen) atoms. The van der Waals surface area contributed by atoms with E-state index in [9.17, 15) is 4.79 Å². The van der Waals surface area contributed by atoms with Gasteiger partial charge in [0.15, 0.2) is 0 Å². The molecule has 5 nitrogen and oxygen atoms in total. The van der Waals surface area contributed by atoms with Gasteiger partial charge in [0.25, 0.3) is 5.91 Å². The fraction of sp³-hybridized carbons (Fsp3) is 0.120. The van der Waals surface area contributed by atoms with Crippen LogP contribution in [-0.2, 0) is 11.5 Å². The van der Waals surface area contributed by atoms with Gasteiger partial charge >= 0.3 is 0 Å². The Morgan fingerprint density at radius 2 is 1.65 bits per heavy atom. The van der Waals surface area contributed by atoms with Crippen LogP contribution in [0, 0.1) is 6.92 Å². The van der Waals surface area contributed by atoms with E-state index >= 15 is 0 Å². The molecule has 0 bridgehead atoms. The molecule has 1 N–H and O–H groups in total. The number of aromatic nitrogens is 2. The number of thioether (sulfide) groups is 1. The number of carbonyl (C=O) groups is 1. The van der Waals surface area contributed by atoms with Crippen LogP contribution >= 0.6 is 11.8 Å². The normalized spacial score (nSPS) is 12.4. The van der Waals surface area contributed by atoms with Crippen LogP contribution in [0.2, 0.25) is 0 Å². The zero-order chi connectivity index (χ0) is 21.2. The van der Waals surface area contributed by atoms with Gasteiger partial charge in [-0.25, -0.2) is 4.68 Å². The highest BCUT2D eigenvalue weighted by Gasteiger charge is 2.25. The van der Waals surface area contributed by atoms with Crippen LogP contribution in [0.3, 0.4) is 0 Å². The van der Waals surface area contributed by atoms with E-state index in [2.05, 4.69) is 5.32 Å². The third kappa shape index (κ3) is 3.94. The second-order valence-corrected chi connectivity index (χ2v) is 8.34. The fourth-order valence-electron chi connectivity index (χ4n) is 3.61. The van der Waals surface area contributed by atoms with Gasteiger partial charge in [0.2, 0.25) is 0 Å². The number of carbonyl (C=O) groups excluding carboxylic acids is 1. The summed E-state index contributed by atoms with van der Waals surface area (Å²) in [6, 6.07) is 25.0. The average molecular weight is 428 g/mol. The highest BCUT2D eigenvalue weighted by atomic mass is 32.2. The summed E-state index contributed by atoms with van der Waals surface area (Å²) in [4.78, 5) is 13.0. The number of para-hydroxylation sites is 1. The summed E-state index contributed by atoms with van der Waals surface area (Å²) in [7, 11) is 0. The van der Waals surface area contributed by atoms with Crippen molar-refractivity contribution < 1.29 is 9.53 Å². The molecule has 0 atom stereocenters. The Bertz CT molecular complexity index is 1230. The highest BCUT2D eigenvalue weighted by Crippen LogP contribution is 2.36. The Morgan fingerprint density at radius 1 is 0.935 bits per heavy atom. The van der Waals surface area contributed by atoms with Crippen molar-refractivity contribution in [3.05, 3.63) is 101 Å². The molecule has 154 valence electrons. The fourth-order valence-corrected chi connectivity index (χ4v) is 4.65. The van der Waals surface area contributed by atoms with Gasteiger partial charge in [0, 0.05) is 22.6 Å². The first-order chi connectivity index (χ1) is 15.2. The third-order valence-electron chi connectivity index (χ3n) is 5.23. The minimum Gasteiger partial charge on any atom is -0.457 e. The Hall–Kier alpha value is -3.51. The van der Waals surface area contributed by atoms with Gasteiger partial charge in [-0.15, -0.1) is 0 Å². The van der Waals surface area contributed by atoms with E-state index in [1.807, 2.05) is 102 Å². The van der Waals surface area contributed by atoms with Crippen LogP contribution in [0.4, 0.5) is 5.82 Å². The second kappa shape index (κ2) is 8.32. The molecule has 2 heterocycles. The van der Waals surface area contributed by atoms with E-state index < -0.39 is 0 Å². The van der Waals surface area contributed by atoms with Crippen LogP contribution in [0.1, 0.15) is 27.2 Å². The standard InChI is InChI=1S/C25H21N3O2S/c1-17-7-5-6-10-21(17)25(29)26-24-22-15-31-16-23(22)27-28(24)18-11-13-20(14-12-18)30-19-8-3-2-4-9-19/h2-14H,15-16H2,1H3,(H,26,29). The van der Waals surface area contributed by atoms with Crippen LogP contribution in [0.15, 0.2) is 78.9 Å². The number of hydrogen-bond acceptors (Lipinski definition) is 4. The number of ether oxygens (including phenoxy) is 1. The van der Waals surface area contributed by atoms with E-state index in [1.54, 1.807) is 0 Å². The predicted octanol–water partition coefficient (Wildman–Crippen LogP) is 5.97. The third-order valence-corrected chi connectivity index (χ3v) is 6.20. The molecule has 0 radical (unpaired) electrons. The molecule has 1 aromatic heterocycles. The van der Waals surface area contributed by atoms with Gasteiger partial charge in [0.05, 0.1) is 11.4 Å². The Morgan fingerprint density at radius 3 is 2.42 bits per heavy atom. The van der Waals surface area contributed by atoms with Crippen LogP contribution in [-0.4, -0.2) is 15.7 Å². The van der Waals surface area contributed by atoms with Crippen LogP contribution < -0.4 is 10.1 Å². The lowest BCUT2D eigenvalue weighted by Gasteiger charge is -2.13. The summed E-state index contributed by atoms with van der Waals surface area (Å²) in [6.07, 6.45) is 0. The van der Waals surface area contributed by atoms with E-state index in [-0.39, 0.29) is 5.91 Å². The van der Waals surface area contributed by atoms with Crippen molar-refractivity contribution in [2.24, 2.45) is 0 Å². The molecular formula is C25H21N3O2S. The number of nitrogens with one attached hydrogen (secondary N) is 1. The van der Waals surface area contributed by atoms with Crippen molar-refractivity contribution >= 4 is 23.5 Å². The lowest BCUT2D eigenvalue weighted by molar-refractivity contribution is 0.102. The topological polar surface area (TPSA) is 56.2 Å². The molecule has 1 aliphatic rings. The summed E-state index contributed by atoms with van der Waals surface area (Å²) >= 11 is 1.81. The minimum absolute atomic E-state index is 0.122. The van der Waals surface area contributed by atoms with Gasteiger partial charge in [-0.3, -0.25) is 4.79 Å². The van der Waals surface area contributed by atoms with Crippen molar-refractivity contribution in [2.75, 3.05) is 5.32 Å². The highest BCUT2D eigenvalue weighted by molar-refractivity contribution is 7.98. The molecule has 0 aliphatic carbocycles. The summed E-state index contributed by atoms with van der Waals surface area (Å²) in [5.41, 5.74) is 4.60. The summed E-state index contributed by atoms with van der Waals surface area (Å²) in [5.74, 6) is 3.85. The van der Waals surface area contributed by atoms with E-state index in [4.69, 9.17) is 9.84 Å². The van der Waals surface area contributed by atoms with Crippen molar-refractivity contribution in [3.8, 4) is 17.2 Å². The van der Waals surface area contributed by atoms with E-state index in [0.29, 0.717) is 5.56 Å². The zero-order valence-electron chi connectivity index (χ0n) is 17.0.